The summed E-state index contributed by atoms with van der Waals surface area (Å²) in [6.07, 6.45) is 0.716. The third kappa shape index (κ3) is 2.36. The molecule has 5 heteroatoms. The minimum absolute atomic E-state index is 0.546. The molecule has 0 aliphatic carbocycles. The molecule has 1 aromatic heterocycles. The lowest BCUT2D eigenvalue weighted by atomic mass is 10.1. The van der Waals surface area contributed by atoms with Crippen molar-refractivity contribution in [2.24, 2.45) is 0 Å². The number of aromatic nitrogens is 1. The first-order valence-corrected chi connectivity index (χ1v) is 6.29. The standard InChI is InChI=1S/C14H16N2O3/c1-9-11(16-14(15-2)19-9)7-10-3-4-12-13(8-10)18-6-5-17-12/h3-4,8H,5-7H2,1-2H3,(H,15,16). The molecule has 0 radical (unpaired) electrons. The zero-order chi connectivity index (χ0) is 13.2. The van der Waals surface area contributed by atoms with Crippen molar-refractivity contribution in [3.63, 3.8) is 0 Å². The molecule has 0 saturated heterocycles. The van der Waals surface area contributed by atoms with Crippen molar-refractivity contribution >= 4 is 6.01 Å². The fraction of sp³-hybridized carbons (Fsp3) is 0.357. The van der Waals surface area contributed by atoms with Gasteiger partial charge in [-0.25, -0.2) is 0 Å². The van der Waals surface area contributed by atoms with E-state index in [0.29, 0.717) is 25.6 Å². The Morgan fingerprint density at radius 1 is 1.21 bits per heavy atom. The highest BCUT2D eigenvalue weighted by Gasteiger charge is 2.14. The number of oxazole rings is 1. The van der Waals surface area contributed by atoms with Crippen molar-refractivity contribution < 1.29 is 13.9 Å². The van der Waals surface area contributed by atoms with E-state index in [1.807, 2.05) is 25.1 Å². The average Bonchev–Trinajstić information content (AvgIpc) is 2.79. The normalized spacial score (nSPS) is 13.4. The van der Waals surface area contributed by atoms with E-state index in [1.54, 1.807) is 7.05 Å². The second kappa shape index (κ2) is 4.84. The van der Waals surface area contributed by atoms with Gasteiger partial charge < -0.3 is 19.2 Å². The largest absolute Gasteiger partial charge is 0.486 e. The number of anilines is 1. The van der Waals surface area contributed by atoms with Crippen molar-refractivity contribution in [2.75, 3.05) is 25.6 Å². The summed E-state index contributed by atoms with van der Waals surface area (Å²) in [5.74, 6) is 2.45. The Balaban J connectivity index is 1.84. The Labute approximate surface area is 111 Å². The van der Waals surface area contributed by atoms with Crippen LogP contribution in [0.25, 0.3) is 0 Å². The lowest BCUT2D eigenvalue weighted by Crippen LogP contribution is -2.15. The van der Waals surface area contributed by atoms with Crippen molar-refractivity contribution in [3.05, 3.63) is 35.2 Å². The molecule has 1 N–H and O–H groups in total. The monoisotopic (exact) mass is 260 g/mol. The third-order valence-electron chi connectivity index (χ3n) is 3.08. The van der Waals surface area contributed by atoms with Crippen LogP contribution in [0.5, 0.6) is 11.5 Å². The second-order valence-corrected chi connectivity index (χ2v) is 4.43. The number of ether oxygens (including phenoxy) is 2. The molecule has 0 unspecified atom stereocenters. The summed E-state index contributed by atoms with van der Waals surface area (Å²) in [5, 5.41) is 2.90. The molecule has 2 aromatic rings. The zero-order valence-corrected chi connectivity index (χ0v) is 11.0. The van der Waals surface area contributed by atoms with Gasteiger partial charge in [0.2, 0.25) is 0 Å². The maximum atomic E-state index is 5.58. The minimum Gasteiger partial charge on any atom is -0.486 e. The third-order valence-corrected chi connectivity index (χ3v) is 3.08. The van der Waals surface area contributed by atoms with Gasteiger partial charge in [-0.2, -0.15) is 4.98 Å². The van der Waals surface area contributed by atoms with E-state index in [-0.39, 0.29) is 0 Å². The summed E-state index contributed by atoms with van der Waals surface area (Å²) in [7, 11) is 1.79. The topological polar surface area (TPSA) is 56.5 Å². The van der Waals surface area contributed by atoms with Gasteiger partial charge in [0.1, 0.15) is 19.0 Å². The van der Waals surface area contributed by atoms with Crippen LogP contribution in [0.4, 0.5) is 6.01 Å². The molecule has 1 aliphatic heterocycles. The first kappa shape index (κ1) is 11.9. The van der Waals surface area contributed by atoms with E-state index >= 15 is 0 Å². The first-order valence-electron chi connectivity index (χ1n) is 6.29. The summed E-state index contributed by atoms with van der Waals surface area (Å²) in [4.78, 5) is 4.39. The van der Waals surface area contributed by atoms with Gasteiger partial charge in [-0.15, -0.1) is 0 Å². The minimum atomic E-state index is 0.546. The number of hydrogen-bond acceptors (Lipinski definition) is 5. The number of nitrogens with zero attached hydrogens (tertiary/aromatic N) is 1. The molecule has 3 rings (SSSR count). The predicted molar refractivity (Wildman–Crippen MR) is 71.0 cm³/mol. The highest BCUT2D eigenvalue weighted by Crippen LogP contribution is 2.31. The first-order chi connectivity index (χ1) is 9.26. The summed E-state index contributed by atoms with van der Waals surface area (Å²) in [6, 6.07) is 6.52. The van der Waals surface area contributed by atoms with Gasteiger partial charge in [0.15, 0.2) is 11.5 Å². The smallest absolute Gasteiger partial charge is 0.294 e. The van der Waals surface area contributed by atoms with E-state index in [4.69, 9.17) is 13.9 Å². The maximum Gasteiger partial charge on any atom is 0.294 e. The molecule has 100 valence electrons. The lowest BCUT2D eigenvalue weighted by molar-refractivity contribution is 0.171. The van der Waals surface area contributed by atoms with E-state index in [1.165, 1.54) is 0 Å². The van der Waals surface area contributed by atoms with Crippen molar-refractivity contribution in [2.45, 2.75) is 13.3 Å². The molecular weight excluding hydrogens is 244 g/mol. The molecule has 0 amide bonds. The predicted octanol–water partition coefficient (Wildman–Crippen LogP) is 2.39. The van der Waals surface area contributed by atoms with Crippen LogP contribution in [0.15, 0.2) is 22.6 Å². The quantitative estimate of drug-likeness (QED) is 0.918. The van der Waals surface area contributed by atoms with Crippen molar-refractivity contribution in [3.8, 4) is 11.5 Å². The van der Waals surface area contributed by atoms with Crippen LogP contribution in [0.2, 0.25) is 0 Å². The SMILES string of the molecule is CNc1nc(Cc2ccc3c(c2)OCCO3)c(C)o1. The number of nitrogens with one attached hydrogen (secondary N) is 1. The molecule has 1 aliphatic rings. The van der Waals surface area contributed by atoms with E-state index < -0.39 is 0 Å². The summed E-state index contributed by atoms with van der Waals surface area (Å²) < 4.78 is 16.6. The summed E-state index contributed by atoms with van der Waals surface area (Å²) in [6.45, 7) is 3.13. The average molecular weight is 260 g/mol. The van der Waals surface area contributed by atoms with Crippen LogP contribution >= 0.6 is 0 Å². The molecule has 0 saturated carbocycles. The van der Waals surface area contributed by atoms with Gasteiger partial charge in [0.05, 0.1) is 5.69 Å². The number of aryl methyl sites for hydroxylation is 1. The fourth-order valence-electron chi connectivity index (χ4n) is 2.09. The molecular formula is C14H16N2O3. The second-order valence-electron chi connectivity index (χ2n) is 4.43. The van der Waals surface area contributed by atoms with Crippen molar-refractivity contribution in [1.82, 2.24) is 4.98 Å². The Hall–Kier alpha value is -2.17. The number of hydrogen-bond donors (Lipinski definition) is 1. The molecule has 0 bridgehead atoms. The fourth-order valence-corrected chi connectivity index (χ4v) is 2.09. The van der Waals surface area contributed by atoms with E-state index in [2.05, 4.69) is 10.3 Å². The molecule has 19 heavy (non-hydrogen) atoms. The summed E-state index contributed by atoms with van der Waals surface area (Å²) in [5.41, 5.74) is 2.06. The van der Waals surface area contributed by atoms with Crippen LogP contribution in [0.1, 0.15) is 17.0 Å². The Morgan fingerprint density at radius 3 is 2.74 bits per heavy atom. The van der Waals surface area contributed by atoms with Crippen LogP contribution in [-0.2, 0) is 6.42 Å². The van der Waals surface area contributed by atoms with Gasteiger partial charge in [-0.1, -0.05) is 6.07 Å². The Bertz CT molecular complexity index is 592. The number of benzene rings is 1. The van der Waals surface area contributed by atoms with Gasteiger partial charge in [0, 0.05) is 13.5 Å². The van der Waals surface area contributed by atoms with Crippen LogP contribution in [-0.4, -0.2) is 25.2 Å². The van der Waals surface area contributed by atoms with E-state index in [0.717, 1.165) is 28.5 Å². The summed E-state index contributed by atoms with van der Waals surface area (Å²) >= 11 is 0. The highest BCUT2D eigenvalue weighted by atomic mass is 16.6. The zero-order valence-electron chi connectivity index (χ0n) is 11.0. The Morgan fingerprint density at radius 2 is 2.00 bits per heavy atom. The molecule has 2 heterocycles. The molecule has 0 atom stereocenters. The highest BCUT2D eigenvalue weighted by molar-refractivity contribution is 5.45. The van der Waals surface area contributed by atoms with Crippen LogP contribution in [0, 0.1) is 6.92 Å². The molecule has 1 aromatic carbocycles. The molecule has 0 spiro atoms. The lowest BCUT2D eigenvalue weighted by Gasteiger charge is -2.18. The van der Waals surface area contributed by atoms with Gasteiger partial charge >= 0.3 is 0 Å². The van der Waals surface area contributed by atoms with Gasteiger partial charge in [-0.05, 0) is 24.6 Å². The Kier molecular flexibility index (Phi) is 3.03. The number of rotatable bonds is 3. The van der Waals surface area contributed by atoms with Gasteiger partial charge in [-0.3, -0.25) is 0 Å². The van der Waals surface area contributed by atoms with Crippen LogP contribution < -0.4 is 14.8 Å². The number of fused-ring (bicyclic) bond motifs is 1. The molecule has 0 fully saturated rings. The van der Waals surface area contributed by atoms with Gasteiger partial charge in [0.25, 0.3) is 6.01 Å². The van der Waals surface area contributed by atoms with Crippen LogP contribution in [0.3, 0.4) is 0 Å². The molecule has 5 nitrogen and oxygen atoms in total. The maximum absolute atomic E-state index is 5.58. The van der Waals surface area contributed by atoms with E-state index in [9.17, 15) is 0 Å². The van der Waals surface area contributed by atoms with Crippen molar-refractivity contribution in [1.29, 1.82) is 0 Å².